The first-order chi connectivity index (χ1) is 13.1. The molecule has 4 nitrogen and oxygen atoms in total. The number of nitrogens with zero attached hydrogens (tertiary/aromatic N) is 2. The van der Waals surface area contributed by atoms with E-state index < -0.39 is 0 Å². The van der Waals surface area contributed by atoms with Gasteiger partial charge in [0.1, 0.15) is 17.4 Å². The average Bonchev–Trinajstić information content (AvgIpc) is 2.68. The van der Waals surface area contributed by atoms with Crippen LogP contribution in [-0.2, 0) is 6.42 Å². The van der Waals surface area contributed by atoms with Crippen molar-refractivity contribution in [2.45, 2.75) is 32.2 Å². The maximum Gasteiger partial charge on any atom is 0.130 e. The summed E-state index contributed by atoms with van der Waals surface area (Å²) in [5, 5.41) is 4.25. The predicted octanol–water partition coefficient (Wildman–Crippen LogP) is 5.60. The summed E-state index contributed by atoms with van der Waals surface area (Å²) in [5.74, 6) is 2.28. The zero-order chi connectivity index (χ0) is 18.8. The van der Waals surface area contributed by atoms with Gasteiger partial charge in [0.25, 0.3) is 0 Å². The Balaban J connectivity index is 1.68. The summed E-state index contributed by atoms with van der Waals surface area (Å²) >= 11 is 6.41. The molecule has 1 aliphatic carbocycles. The molecular formula is C22H22ClN3O. The summed E-state index contributed by atoms with van der Waals surface area (Å²) in [6, 6.07) is 16.4. The Morgan fingerprint density at radius 1 is 1.11 bits per heavy atom. The van der Waals surface area contributed by atoms with Gasteiger partial charge in [-0.3, -0.25) is 0 Å². The van der Waals surface area contributed by atoms with Crippen molar-refractivity contribution in [1.82, 2.24) is 9.97 Å². The number of nitrogens with one attached hydrogen (secondary N) is 1. The van der Waals surface area contributed by atoms with Crippen LogP contribution in [0.25, 0.3) is 11.3 Å². The highest BCUT2D eigenvalue weighted by molar-refractivity contribution is 6.33. The van der Waals surface area contributed by atoms with E-state index in [1.807, 2.05) is 31.2 Å². The number of benzene rings is 2. The molecule has 0 radical (unpaired) electrons. The quantitative estimate of drug-likeness (QED) is 0.640. The number of fused-ring (bicyclic) bond motifs is 1. The number of anilines is 1. The lowest BCUT2D eigenvalue weighted by molar-refractivity contribution is 0.415. The van der Waals surface area contributed by atoms with E-state index in [9.17, 15) is 0 Å². The topological polar surface area (TPSA) is 47.0 Å². The van der Waals surface area contributed by atoms with Gasteiger partial charge in [-0.25, -0.2) is 9.97 Å². The van der Waals surface area contributed by atoms with E-state index in [4.69, 9.17) is 16.3 Å². The van der Waals surface area contributed by atoms with E-state index in [-0.39, 0.29) is 6.04 Å². The molecule has 4 rings (SSSR count). The van der Waals surface area contributed by atoms with Crippen LogP contribution in [0.5, 0.6) is 5.75 Å². The molecule has 0 fully saturated rings. The van der Waals surface area contributed by atoms with E-state index in [1.165, 1.54) is 17.5 Å². The Morgan fingerprint density at radius 2 is 1.96 bits per heavy atom. The van der Waals surface area contributed by atoms with Crippen LogP contribution in [0.1, 0.15) is 35.8 Å². The molecule has 0 saturated heterocycles. The number of methoxy groups -OCH3 is 1. The first kappa shape index (κ1) is 17.8. The van der Waals surface area contributed by atoms with E-state index in [2.05, 4.69) is 39.6 Å². The van der Waals surface area contributed by atoms with E-state index in [0.717, 1.165) is 35.7 Å². The van der Waals surface area contributed by atoms with Gasteiger partial charge in [0, 0.05) is 11.6 Å². The molecular weight excluding hydrogens is 358 g/mol. The molecule has 5 heteroatoms. The number of aromatic nitrogens is 2. The molecule has 0 unspecified atom stereocenters. The van der Waals surface area contributed by atoms with Gasteiger partial charge in [-0.2, -0.15) is 0 Å². The first-order valence-electron chi connectivity index (χ1n) is 9.18. The van der Waals surface area contributed by atoms with Gasteiger partial charge in [0.2, 0.25) is 0 Å². The summed E-state index contributed by atoms with van der Waals surface area (Å²) in [4.78, 5) is 9.19. The summed E-state index contributed by atoms with van der Waals surface area (Å²) in [6.45, 7) is 1.90. The Kier molecular flexibility index (Phi) is 4.99. The molecule has 0 spiro atoms. The van der Waals surface area contributed by atoms with Crippen LogP contribution in [0.15, 0.2) is 48.5 Å². The van der Waals surface area contributed by atoms with Crippen molar-refractivity contribution in [2.24, 2.45) is 0 Å². The van der Waals surface area contributed by atoms with Gasteiger partial charge in [-0.15, -0.1) is 0 Å². The van der Waals surface area contributed by atoms with Gasteiger partial charge in [-0.05, 0) is 55.5 Å². The molecule has 27 heavy (non-hydrogen) atoms. The number of hydrogen-bond acceptors (Lipinski definition) is 4. The molecule has 1 heterocycles. The highest BCUT2D eigenvalue weighted by Crippen LogP contribution is 2.34. The van der Waals surface area contributed by atoms with Crippen molar-refractivity contribution in [3.63, 3.8) is 0 Å². The largest absolute Gasteiger partial charge is 0.497 e. The molecule has 1 N–H and O–H groups in total. The van der Waals surface area contributed by atoms with Gasteiger partial charge in [-0.1, -0.05) is 35.9 Å². The number of hydrogen-bond donors (Lipinski definition) is 1. The highest BCUT2D eigenvalue weighted by atomic mass is 35.5. The second kappa shape index (κ2) is 7.57. The van der Waals surface area contributed by atoms with Crippen LogP contribution in [0.4, 0.5) is 5.82 Å². The lowest BCUT2D eigenvalue weighted by atomic mass is 9.88. The molecule has 1 atom stereocenters. The Hall–Kier alpha value is -2.59. The highest BCUT2D eigenvalue weighted by Gasteiger charge is 2.20. The normalized spacial score (nSPS) is 15.9. The fourth-order valence-electron chi connectivity index (χ4n) is 3.69. The molecule has 2 aromatic carbocycles. The summed E-state index contributed by atoms with van der Waals surface area (Å²) in [5.41, 5.74) is 4.41. The second-order valence-corrected chi connectivity index (χ2v) is 7.23. The fraction of sp³-hybridized carbons (Fsp3) is 0.273. The van der Waals surface area contributed by atoms with Crippen LogP contribution in [-0.4, -0.2) is 17.1 Å². The van der Waals surface area contributed by atoms with Crippen LogP contribution < -0.4 is 10.1 Å². The lowest BCUT2D eigenvalue weighted by Crippen LogP contribution is -2.18. The first-order valence-corrected chi connectivity index (χ1v) is 9.56. The lowest BCUT2D eigenvalue weighted by Gasteiger charge is -2.27. The van der Waals surface area contributed by atoms with Crippen molar-refractivity contribution in [3.05, 3.63) is 70.5 Å². The zero-order valence-corrected chi connectivity index (χ0v) is 16.3. The molecule has 0 saturated carbocycles. The Morgan fingerprint density at radius 3 is 2.81 bits per heavy atom. The second-order valence-electron chi connectivity index (χ2n) is 6.82. The summed E-state index contributed by atoms with van der Waals surface area (Å²) in [7, 11) is 1.64. The van der Waals surface area contributed by atoms with Crippen molar-refractivity contribution in [1.29, 1.82) is 0 Å². The minimum Gasteiger partial charge on any atom is -0.497 e. The summed E-state index contributed by atoms with van der Waals surface area (Å²) < 4.78 is 5.33. The standard InChI is InChI=1S/C22H22ClN3O/c1-14-24-21(18-12-16(27-2)10-11-19(18)23)13-22(25-14)26-20-9-5-7-15-6-3-4-8-17(15)20/h3-4,6,8,10-13,20H,5,7,9H2,1-2H3,(H,24,25,26)/t20-/m1/s1. The fourth-order valence-corrected chi connectivity index (χ4v) is 3.90. The monoisotopic (exact) mass is 379 g/mol. The van der Waals surface area contributed by atoms with Gasteiger partial charge < -0.3 is 10.1 Å². The van der Waals surface area contributed by atoms with Crippen LogP contribution >= 0.6 is 11.6 Å². The predicted molar refractivity (Wildman–Crippen MR) is 110 cm³/mol. The van der Waals surface area contributed by atoms with Gasteiger partial charge >= 0.3 is 0 Å². The SMILES string of the molecule is COc1ccc(Cl)c(-c2cc(N[C@@H]3CCCc4ccccc43)nc(C)n2)c1. The number of rotatable bonds is 4. The smallest absolute Gasteiger partial charge is 0.130 e. The molecule has 0 bridgehead atoms. The van der Waals surface area contributed by atoms with E-state index >= 15 is 0 Å². The minimum absolute atomic E-state index is 0.262. The van der Waals surface area contributed by atoms with Crippen molar-refractivity contribution >= 4 is 17.4 Å². The number of ether oxygens (including phenoxy) is 1. The minimum atomic E-state index is 0.262. The third-order valence-electron chi connectivity index (χ3n) is 4.98. The third kappa shape index (κ3) is 3.76. The zero-order valence-electron chi connectivity index (χ0n) is 15.5. The molecule has 1 aliphatic rings. The maximum atomic E-state index is 6.41. The number of halogens is 1. The summed E-state index contributed by atoms with van der Waals surface area (Å²) in [6.07, 6.45) is 3.41. The molecule has 1 aromatic heterocycles. The van der Waals surface area contributed by atoms with Gasteiger partial charge in [0.15, 0.2) is 0 Å². The Bertz CT molecular complexity index is 974. The molecule has 138 valence electrons. The van der Waals surface area contributed by atoms with Gasteiger partial charge in [0.05, 0.1) is 23.9 Å². The van der Waals surface area contributed by atoms with Crippen molar-refractivity contribution in [3.8, 4) is 17.0 Å². The molecule has 0 aliphatic heterocycles. The average molecular weight is 380 g/mol. The molecule has 0 amide bonds. The van der Waals surface area contributed by atoms with Crippen molar-refractivity contribution < 1.29 is 4.74 Å². The third-order valence-corrected chi connectivity index (χ3v) is 5.31. The maximum absolute atomic E-state index is 6.41. The van der Waals surface area contributed by atoms with E-state index in [0.29, 0.717) is 10.8 Å². The van der Waals surface area contributed by atoms with Crippen LogP contribution in [0, 0.1) is 6.92 Å². The van der Waals surface area contributed by atoms with Crippen molar-refractivity contribution in [2.75, 3.05) is 12.4 Å². The van der Waals surface area contributed by atoms with Crippen LogP contribution in [0.2, 0.25) is 5.02 Å². The van der Waals surface area contributed by atoms with Crippen LogP contribution in [0.3, 0.4) is 0 Å². The van der Waals surface area contributed by atoms with E-state index in [1.54, 1.807) is 7.11 Å². The molecule has 3 aromatic rings. The number of aryl methyl sites for hydroxylation is 2. The Labute approximate surface area is 164 Å².